The van der Waals surface area contributed by atoms with Crippen LogP contribution in [0.4, 0.5) is 5.82 Å². The molecule has 0 unspecified atom stereocenters. The number of nitrogens with two attached hydrogens (primary N) is 1. The van der Waals surface area contributed by atoms with E-state index in [1.807, 2.05) is 18.2 Å². The van der Waals surface area contributed by atoms with E-state index in [0.29, 0.717) is 5.82 Å². The minimum atomic E-state index is 0.611. The first-order valence-corrected chi connectivity index (χ1v) is 5.80. The summed E-state index contributed by atoms with van der Waals surface area (Å²) in [4.78, 5) is 4.05. The number of nitrogen functional groups attached to an aromatic ring is 1. The maximum Gasteiger partial charge on any atom is 0.127 e. The number of pyridine rings is 1. The van der Waals surface area contributed by atoms with Gasteiger partial charge in [0.2, 0.25) is 0 Å². The van der Waals surface area contributed by atoms with Crippen LogP contribution >= 0.6 is 0 Å². The van der Waals surface area contributed by atoms with Crippen molar-refractivity contribution in [3.8, 4) is 0 Å². The third kappa shape index (κ3) is 3.57. The fourth-order valence-corrected chi connectivity index (χ4v) is 1.70. The minimum absolute atomic E-state index is 0.611. The molecule has 2 aromatic rings. The molecule has 0 radical (unpaired) electrons. The lowest BCUT2D eigenvalue weighted by Gasteiger charge is -2.06. The molecule has 3 nitrogen and oxygen atoms in total. The fourth-order valence-electron chi connectivity index (χ4n) is 1.70. The van der Waals surface area contributed by atoms with Gasteiger partial charge in [-0.3, -0.25) is 0 Å². The van der Waals surface area contributed by atoms with Crippen LogP contribution in [-0.2, 0) is 13.0 Å². The first kappa shape index (κ1) is 11.6. The molecule has 0 fully saturated rings. The Hall–Kier alpha value is -1.87. The number of nitrogens with one attached hydrogen (secondary N) is 1. The maximum absolute atomic E-state index is 5.76. The molecule has 0 saturated carbocycles. The van der Waals surface area contributed by atoms with Gasteiger partial charge in [-0.25, -0.2) is 4.98 Å². The van der Waals surface area contributed by atoms with E-state index in [9.17, 15) is 0 Å². The number of anilines is 1. The zero-order valence-electron chi connectivity index (χ0n) is 9.76. The van der Waals surface area contributed by atoms with E-state index in [-0.39, 0.29) is 0 Å². The van der Waals surface area contributed by atoms with E-state index in [1.165, 1.54) is 5.56 Å². The van der Waals surface area contributed by atoms with Crippen molar-refractivity contribution in [2.75, 3.05) is 12.3 Å². The first-order valence-electron chi connectivity index (χ1n) is 5.80. The van der Waals surface area contributed by atoms with E-state index in [2.05, 4.69) is 34.6 Å². The highest BCUT2D eigenvalue weighted by Gasteiger charge is 1.98. The van der Waals surface area contributed by atoms with Crippen LogP contribution in [0.2, 0.25) is 0 Å². The van der Waals surface area contributed by atoms with Gasteiger partial charge in [0.1, 0.15) is 5.82 Å². The lowest BCUT2D eigenvalue weighted by atomic mass is 10.1. The minimum Gasteiger partial charge on any atom is -0.383 e. The second kappa shape index (κ2) is 6.01. The topological polar surface area (TPSA) is 50.9 Å². The van der Waals surface area contributed by atoms with E-state index < -0.39 is 0 Å². The number of nitrogens with zero attached hydrogens (tertiary/aromatic N) is 1. The number of aromatic nitrogens is 1. The highest BCUT2D eigenvalue weighted by Crippen LogP contribution is 2.06. The molecular weight excluding hydrogens is 210 g/mol. The van der Waals surface area contributed by atoms with E-state index in [1.54, 1.807) is 6.20 Å². The monoisotopic (exact) mass is 227 g/mol. The van der Waals surface area contributed by atoms with E-state index in [4.69, 9.17) is 5.73 Å². The van der Waals surface area contributed by atoms with Gasteiger partial charge in [-0.1, -0.05) is 36.4 Å². The Balaban J connectivity index is 1.76. The third-order valence-corrected chi connectivity index (χ3v) is 2.67. The summed E-state index contributed by atoms with van der Waals surface area (Å²) < 4.78 is 0. The molecule has 0 saturated heterocycles. The molecular formula is C14H17N3. The van der Waals surface area contributed by atoms with Gasteiger partial charge in [-0.05, 0) is 24.6 Å². The molecule has 3 N–H and O–H groups in total. The summed E-state index contributed by atoms with van der Waals surface area (Å²) >= 11 is 0. The smallest absolute Gasteiger partial charge is 0.127 e. The number of hydrogen-bond acceptors (Lipinski definition) is 3. The van der Waals surface area contributed by atoms with E-state index in [0.717, 1.165) is 25.1 Å². The summed E-state index contributed by atoms with van der Waals surface area (Å²) in [6, 6.07) is 14.3. The Morgan fingerprint density at radius 2 is 1.88 bits per heavy atom. The van der Waals surface area contributed by atoms with Crippen LogP contribution in [0, 0.1) is 0 Å². The van der Waals surface area contributed by atoms with Gasteiger partial charge in [-0.15, -0.1) is 0 Å². The first-order chi connectivity index (χ1) is 8.36. The quantitative estimate of drug-likeness (QED) is 0.768. The van der Waals surface area contributed by atoms with E-state index >= 15 is 0 Å². The molecule has 0 spiro atoms. The Labute approximate surface area is 102 Å². The summed E-state index contributed by atoms with van der Waals surface area (Å²) in [7, 11) is 0. The molecule has 0 aliphatic carbocycles. The lowest BCUT2D eigenvalue weighted by Crippen LogP contribution is -2.17. The Kier molecular flexibility index (Phi) is 4.11. The van der Waals surface area contributed by atoms with Gasteiger partial charge < -0.3 is 11.1 Å². The van der Waals surface area contributed by atoms with Crippen LogP contribution in [0.5, 0.6) is 0 Å². The Bertz CT molecular complexity index is 454. The second-order valence-electron chi connectivity index (χ2n) is 3.96. The average molecular weight is 227 g/mol. The van der Waals surface area contributed by atoms with Crippen molar-refractivity contribution in [2.45, 2.75) is 13.0 Å². The number of rotatable bonds is 5. The summed E-state index contributed by atoms with van der Waals surface area (Å²) in [6.45, 7) is 1.71. The third-order valence-electron chi connectivity index (χ3n) is 2.67. The summed E-state index contributed by atoms with van der Waals surface area (Å²) in [5.74, 6) is 0.611. The molecule has 3 heteroatoms. The van der Waals surface area contributed by atoms with Crippen LogP contribution in [0.3, 0.4) is 0 Å². The second-order valence-corrected chi connectivity index (χ2v) is 3.96. The highest BCUT2D eigenvalue weighted by atomic mass is 14.9. The SMILES string of the molecule is Nc1ncccc1CNCCc1ccccc1. The zero-order valence-corrected chi connectivity index (χ0v) is 9.76. The molecule has 0 atom stereocenters. The van der Waals surface area contributed by atoms with Crippen molar-refractivity contribution in [1.29, 1.82) is 0 Å². The van der Waals surface area contributed by atoms with Gasteiger partial charge in [0, 0.05) is 18.3 Å². The van der Waals surface area contributed by atoms with Crippen molar-refractivity contribution < 1.29 is 0 Å². The molecule has 1 heterocycles. The number of benzene rings is 1. The molecule has 1 aromatic heterocycles. The summed E-state index contributed by atoms with van der Waals surface area (Å²) in [6.07, 6.45) is 2.74. The molecule has 2 rings (SSSR count). The van der Waals surface area contributed by atoms with Gasteiger partial charge in [0.15, 0.2) is 0 Å². The predicted molar refractivity (Wildman–Crippen MR) is 70.5 cm³/mol. The largest absolute Gasteiger partial charge is 0.383 e. The van der Waals surface area contributed by atoms with Crippen LogP contribution in [0.15, 0.2) is 48.7 Å². The summed E-state index contributed by atoms with van der Waals surface area (Å²) in [5.41, 5.74) is 8.17. The molecule has 0 amide bonds. The normalized spacial score (nSPS) is 10.4. The Morgan fingerprint density at radius 3 is 2.65 bits per heavy atom. The van der Waals surface area contributed by atoms with Gasteiger partial charge in [0.25, 0.3) is 0 Å². The maximum atomic E-state index is 5.76. The van der Waals surface area contributed by atoms with Crippen molar-refractivity contribution in [1.82, 2.24) is 10.3 Å². The molecule has 88 valence electrons. The average Bonchev–Trinajstić information content (AvgIpc) is 2.38. The van der Waals surface area contributed by atoms with Crippen LogP contribution in [0.25, 0.3) is 0 Å². The number of hydrogen-bond donors (Lipinski definition) is 2. The zero-order chi connectivity index (χ0) is 11.9. The van der Waals surface area contributed by atoms with Crippen molar-refractivity contribution in [2.24, 2.45) is 0 Å². The van der Waals surface area contributed by atoms with Gasteiger partial charge in [0.05, 0.1) is 0 Å². The Morgan fingerprint density at radius 1 is 1.06 bits per heavy atom. The van der Waals surface area contributed by atoms with Crippen molar-refractivity contribution in [3.63, 3.8) is 0 Å². The fraction of sp³-hybridized carbons (Fsp3) is 0.214. The van der Waals surface area contributed by atoms with Crippen molar-refractivity contribution >= 4 is 5.82 Å². The molecule has 17 heavy (non-hydrogen) atoms. The highest BCUT2D eigenvalue weighted by molar-refractivity contribution is 5.38. The summed E-state index contributed by atoms with van der Waals surface area (Å²) in [5, 5.41) is 3.37. The molecule has 0 aliphatic rings. The van der Waals surface area contributed by atoms with Gasteiger partial charge in [-0.2, -0.15) is 0 Å². The van der Waals surface area contributed by atoms with Gasteiger partial charge >= 0.3 is 0 Å². The molecule has 0 bridgehead atoms. The van der Waals surface area contributed by atoms with Crippen LogP contribution in [0.1, 0.15) is 11.1 Å². The van der Waals surface area contributed by atoms with Crippen LogP contribution in [-0.4, -0.2) is 11.5 Å². The standard InChI is InChI=1S/C14H17N3/c15-14-13(7-4-9-17-14)11-16-10-8-12-5-2-1-3-6-12/h1-7,9,16H,8,10-11H2,(H2,15,17). The lowest BCUT2D eigenvalue weighted by molar-refractivity contribution is 0.686. The molecule has 0 aliphatic heterocycles. The predicted octanol–water partition coefficient (Wildman–Crippen LogP) is 2.00. The van der Waals surface area contributed by atoms with Crippen LogP contribution < -0.4 is 11.1 Å². The molecule has 1 aromatic carbocycles. The van der Waals surface area contributed by atoms with Crippen molar-refractivity contribution in [3.05, 3.63) is 59.8 Å².